The van der Waals surface area contributed by atoms with Crippen LogP contribution in [0.1, 0.15) is 61.1 Å². The third-order valence-corrected chi connectivity index (χ3v) is 4.59. The van der Waals surface area contributed by atoms with E-state index in [9.17, 15) is 20.4 Å². The first kappa shape index (κ1) is 23.0. The summed E-state index contributed by atoms with van der Waals surface area (Å²) in [4.78, 5) is 0. The monoisotopic (exact) mass is 368 g/mol. The van der Waals surface area contributed by atoms with Gasteiger partial charge in [0.25, 0.3) is 0 Å². The highest BCUT2D eigenvalue weighted by molar-refractivity contribution is 5.53. The van der Waals surface area contributed by atoms with Gasteiger partial charge in [-0.05, 0) is 86.8 Å². The van der Waals surface area contributed by atoms with Crippen molar-refractivity contribution < 1.29 is 20.4 Å². The molecule has 0 aliphatic carbocycles. The Hall–Kier alpha value is -1.02. The van der Waals surface area contributed by atoms with Crippen molar-refractivity contribution in [3.63, 3.8) is 0 Å². The summed E-state index contributed by atoms with van der Waals surface area (Å²) in [5, 5.41) is 40.1. The average molecular weight is 369 g/mol. The molecule has 0 spiro atoms. The number of aliphatic hydroxyl groups excluding tert-OH is 4. The highest BCUT2D eigenvalue weighted by Gasteiger charge is 2.25. The Morgan fingerprint density at radius 1 is 0.500 bits per heavy atom. The summed E-state index contributed by atoms with van der Waals surface area (Å²) in [6.07, 6.45) is -0.669. The number of hydrogen-bond acceptors (Lipinski definition) is 6. The molecule has 4 unspecified atom stereocenters. The van der Waals surface area contributed by atoms with Gasteiger partial charge >= 0.3 is 0 Å². The molecule has 6 nitrogen and oxygen atoms in total. The molecule has 0 aromatic heterocycles. The summed E-state index contributed by atoms with van der Waals surface area (Å²) in [5.74, 6) is 0. The summed E-state index contributed by atoms with van der Waals surface area (Å²) >= 11 is 0. The number of hydrogen-bond donors (Lipinski definition) is 6. The maximum absolute atomic E-state index is 10.0. The van der Waals surface area contributed by atoms with Crippen LogP contribution in [-0.4, -0.2) is 44.8 Å². The first-order valence-electron chi connectivity index (χ1n) is 9.41. The lowest BCUT2D eigenvalue weighted by molar-refractivity contribution is 0.184. The van der Waals surface area contributed by atoms with Gasteiger partial charge in [-0.3, -0.25) is 0 Å². The summed E-state index contributed by atoms with van der Waals surface area (Å²) in [6.45, 7) is 7.38. The second kappa shape index (κ2) is 10.3. The van der Waals surface area contributed by atoms with E-state index < -0.39 is 24.4 Å². The first-order chi connectivity index (χ1) is 12.1. The fourth-order valence-corrected chi connectivity index (χ4v) is 3.75. The zero-order chi connectivity index (χ0) is 20.0. The molecule has 6 heteroatoms. The van der Waals surface area contributed by atoms with Crippen LogP contribution < -0.4 is 11.5 Å². The zero-order valence-corrected chi connectivity index (χ0v) is 16.5. The minimum absolute atomic E-state index is 0.263. The van der Waals surface area contributed by atoms with E-state index in [1.54, 1.807) is 27.7 Å². The molecule has 8 N–H and O–H groups in total. The minimum atomic E-state index is -0.575. The normalized spacial score (nSPS) is 16.4. The maximum atomic E-state index is 10.0. The van der Waals surface area contributed by atoms with Crippen LogP contribution in [0.3, 0.4) is 0 Å². The molecule has 0 heterocycles. The summed E-state index contributed by atoms with van der Waals surface area (Å²) in [5.41, 5.74) is 17.5. The van der Waals surface area contributed by atoms with Crippen LogP contribution in [0.5, 0.6) is 0 Å². The maximum Gasteiger partial charge on any atom is 0.0552 e. The number of nitrogens with two attached hydrogens (primary N) is 2. The fourth-order valence-electron chi connectivity index (χ4n) is 3.75. The van der Waals surface area contributed by atoms with Crippen molar-refractivity contribution in [2.75, 3.05) is 0 Å². The standard InChI is InChI=1S/C20H36N2O4/c1-11(23)5-15-16(6-12(2)24)19(9-21)18(8-14(4)26)20(10-22)17(15)7-13(3)25/h11-14,23-26H,5-10,21-22H2,1-4H3. The highest BCUT2D eigenvalue weighted by Crippen LogP contribution is 2.32. The Morgan fingerprint density at radius 2 is 0.692 bits per heavy atom. The Labute approximate surface area is 156 Å². The van der Waals surface area contributed by atoms with E-state index in [4.69, 9.17) is 11.5 Å². The lowest BCUT2D eigenvalue weighted by atomic mass is 9.79. The first-order valence-corrected chi connectivity index (χ1v) is 9.41. The Bertz CT molecular complexity index is 545. The minimum Gasteiger partial charge on any atom is -0.393 e. The summed E-state index contributed by atoms with van der Waals surface area (Å²) in [7, 11) is 0. The Balaban J connectivity index is 3.85. The van der Waals surface area contributed by atoms with E-state index in [0.29, 0.717) is 25.7 Å². The third kappa shape index (κ3) is 6.01. The van der Waals surface area contributed by atoms with Crippen molar-refractivity contribution in [3.8, 4) is 0 Å². The van der Waals surface area contributed by atoms with Crippen LogP contribution in [0.2, 0.25) is 0 Å². The number of rotatable bonds is 10. The molecular weight excluding hydrogens is 332 g/mol. The Morgan fingerprint density at radius 3 is 0.885 bits per heavy atom. The Kier molecular flexibility index (Phi) is 9.16. The number of aliphatic hydroxyl groups is 4. The third-order valence-electron chi connectivity index (χ3n) is 4.59. The molecule has 26 heavy (non-hydrogen) atoms. The number of benzene rings is 1. The molecule has 0 aliphatic rings. The van der Waals surface area contributed by atoms with Gasteiger partial charge < -0.3 is 31.9 Å². The van der Waals surface area contributed by atoms with Crippen molar-refractivity contribution in [2.24, 2.45) is 11.5 Å². The van der Waals surface area contributed by atoms with Crippen molar-refractivity contribution in [3.05, 3.63) is 33.4 Å². The quantitative estimate of drug-likeness (QED) is 0.352. The predicted octanol–water partition coefficient (Wildman–Crippen LogP) is 0.297. The molecule has 1 aromatic carbocycles. The van der Waals surface area contributed by atoms with Gasteiger partial charge in [0.05, 0.1) is 24.4 Å². The predicted molar refractivity (Wildman–Crippen MR) is 104 cm³/mol. The molecule has 150 valence electrons. The van der Waals surface area contributed by atoms with Gasteiger partial charge in [-0.1, -0.05) is 0 Å². The van der Waals surface area contributed by atoms with Gasteiger partial charge in [0.1, 0.15) is 0 Å². The molecule has 0 amide bonds. The van der Waals surface area contributed by atoms with Crippen LogP contribution >= 0.6 is 0 Å². The molecule has 1 rings (SSSR count). The van der Waals surface area contributed by atoms with Gasteiger partial charge in [-0.15, -0.1) is 0 Å². The van der Waals surface area contributed by atoms with Gasteiger partial charge in [0, 0.05) is 13.1 Å². The SMILES string of the molecule is CC(O)Cc1c(CN)c(CC(C)O)c(CC(C)O)c(CC(C)O)c1CN. The largest absolute Gasteiger partial charge is 0.393 e. The van der Waals surface area contributed by atoms with Crippen molar-refractivity contribution >= 4 is 0 Å². The van der Waals surface area contributed by atoms with Crippen LogP contribution in [0.15, 0.2) is 0 Å². The van der Waals surface area contributed by atoms with Gasteiger partial charge in [-0.2, -0.15) is 0 Å². The van der Waals surface area contributed by atoms with E-state index in [-0.39, 0.29) is 13.1 Å². The lowest BCUT2D eigenvalue weighted by Gasteiger charge is -2.28. The van der Waals surface area contributed by atoms with E-state index >= 15 is 0 Å². The van der Waals surface area contributed by atoms with E-state index in [1.165, 1.54) is 0 Å². The smallest absolute Gasteiger partial charge is 0.0552 e. The van der Waals surface area contributed by atoms with E-state index in [0.717, 1.165) is 33.4 Å². The zero-order valence-electron chi connectivity index (χ0n) is 16.5. The van der Waals surface area contributed by atoms with Gasteiger partial charge in [0.2, 0.25) is 0 Å². The molecule has 1 aromatic rings. The van der Waals surface area contributed by atoms with E-state index in [1.807, 2.05) is 0 Å². The molecule has 0 radical (unpaired) electrons. The highest BCUT2D eigenvalue weighted by atomic mass is 16.3. The van der Waals surface area contributed by atoms with Crippen LogP contribution in [0.25, 0.3) is 0 Å². The van der Waals surface area contributed by atoms with Gasteiger partial charge in [-0.25, -0.2) is 0 Å². The fraction of sp³-hybridized carbons (Fsp3) is 0.700. The molecule has 4 atom stereocenters. The summed E-state index contributed by atoms with van der Waals surface area (Å²) < 4.78 is 0. The topological polar surface area (TPSA) is 133 Å². The molecule has 0 fully saturated rings. The van der Waals surface area contributed by atoms with Gasteiger partial charge in [0.15, 0.2) is 0 Å². The van der Waals surface area contributed by atoms with Crippen LogP contribution in [0, 0.1) is 0 Å². The van der Waals surface area contributed by atoms with Crippen molar-refractivity contribution in [1.82, 2.24) is 0 Å². The molecule has 0 bridgehead atoms. The molecule has 0 saturated carbocycles. The summed E-state index contributed by atoms with van der Waals surface area (Å²) in [6, 6.07) is 0. The molecular formula is C20H36N2O4. The molecule has 0 saturated heterocycles. The lowest BCUT2D eigenvalue weighted by Crippen LogP contribution is -2.25. The van der Waals surface area contributed by atoms with Crippen molar-refractivity contribution in [1.29, 1.82) is 0 Å². The van der Waals surface area contributed by atoms with E-state index in [2.05, 4.69) is 0 Å². The van der Waals surface area contributed by atoms with Crippen LogP contribution in [0.4, 0.5) is 0 Å². The van der Waals surface area contributed by atoms with Crippen LogP contribution in [-0.2, 0) is 38.8 Å². The molecule has 0 aliphatic heterocycles. The average Bonchev–Trinajstić information content (AvgIpc) is 2.49. The second-order valence-electron chi connectivity index (χ2n) is 7.49. The van der Waals surface area contributed by atoms with Crippen molar-refractivity contribution in [2.45, 2.75) is 90.9 Å². The second-order valence-corrected chi connectivity index (χ2v) is 7.49.